The van der Waals surface area contributed by atoms with Crippen molar-refractivity contribution in [2.45, 2.75) is 25.0 Å². The molecular formula is C17H24N2O2. The van der Waals surface area contributed by atoms with Crippen molar-refractivity contribution in [2.24, 2.45) is 0 Å². The minimum atomic E-state index is -0.557. The van der Waals surface area contributed by atoms with Crippen LogP contribution in [0.2, 0.25) is 0 Å². The molecule has 1 saturated heterocycles. The Balaban J connectivity index is 1.66. The molecule has 1 aliphatic rings. The number of benzene rings is 1. The number of aliphatic hydroxyl groups is 1. The number of likely N-dealkylation sites (tertiary alicyclic amines) is 1. The fourth-order valence-corrected chi connectivity index (χ4v) is 3.12. The van der Waals surface area contributed by atoms with E-state index in [2.05, 4.69) is 23.9 Å². The molecule has 2 heterocycles. The molecular weight excluding hydrogens is 264 g/mol. The molecule has 0 saturated carbocycles. The van der Waals surface area contributed by atoms with Crippen molar-refractivity contribution in [3.63, 3.8) is 0 Å². The first kappa shape index (κ1) is 14.6. The molecule has 2 atom stereocenters. The van der Waals surface area contributed by atoms with Gasteiger partial charge < -0.3 is 14.4 Å². The Hall–Kier alpha value is -1.36. The van der Waals surface area contributed by atoms with Crippen LogP contribution in [0.1, 0.15) is 24.7 Å². The highest BCUT2D eigenvalue weighted by Crippen LogP contribution is 2.25. The Labute approximate surface area is 125 Å². The zero-order chi connectivity index (χ0) is 14.8. The first-order valence-electron chi connectivity index (χ1n) is 7.69. The van der Waals surface area contributed by atoms with Crippen molar-refractivity contribution < 1.29 is 9.52 Å². The lowest BCUT2D eigenvalue weighted by molar-refractivity contribution is 0.0622. The van der Waals surface area contributed by atoms with E-state index in [-0.39, 0.29) is 0 Å². The lowest BCUT2D eigenvalue weighted by Gasteiger charge is -2.36. The number of piperidine rings is 1. The van der Waals surface area contributed by atoms with E-state index in [9.17, 15) is 5.11 Å². The highest BCUT2D eigenvalue weighted by atomic mass is 16.4. The Morgan fingerprint density at radius 3 is 2.95 bits per heavy atom. The standard InChI is InChI=1S/C17H24N2O2/c1-18(2)14-7-5-9-19(11-14)12-15(20)17-10-13-6-3-4-8-16(13)21-17/h3-4,6,8,10,14-15,20H,5,7,9,11-12H2,1-2H3. The lowest BCUT2D eigenvalue weighted by atomic mass is 10.0. The summed E-state index contributed by atoms with van der Waals surface area (Å²) in [5, 5.41) is 11.5. The summed E-state index contributed by atoms with van der Waals surface area (Å²) in [7, 11) is 4.26. The minimum absolute atomic E-state index is 0.557. The predicted molar refractivity (Wildman–Crippen MR) is 84.3 cm³/mol. The Bertz CT molecular complexity index is 560. The average Bonchev–Trinajstić information content (AvgIpc) is 2.91. The summed E-state index contributed by atoms with van der Waals surface area (Å²) in [4.78, 5) is 4.62. The van der Waals surface area contributed by atoms with Crippen molar-refractivity contribution in [3.05, 3.63) is 36.1 Å². The summed E-state index contributed by atoms with van der Waals surface area (Å²) in [5.41, 5.74) is 0.844. The van der Waals surface area contributed by atoms with E-state index in [0.29, 0.717) is 18.3 Å². The van der Waals surface area contributed by atoms with Crippen molar-refractivity contribution in [1.29, 1.82) is 0 Å². The van der Waals surface area contributed by atoms with Crippen LogP contribution >= 0.6 is 0 Å². The van der Waals surface area contributed by atoms with Gasteiger partial charge in [0.15, 0.2) is 0 Å². The van der Waals surface area contributed by atoms with E-state index >= 15 is 0 Å². The maximum Gasteiger partial charge on any atom is 0.135 e. The summed E-state index contributed by atoms with van der Waals surface area (Å²) in [6.45, 7) is 2.72. The molecule has 2 aromatic rings. The first-order chi connectivity index (χ1) is 10.1. The molecule has 4 nitrogen and oxygen atoms in total. The summed E-state index contributed by atoms with van der Waals surface area (Å²) in [6, 6.07) is 10.4. The Morgan fingerprint density at radius 2 is 2.19 bits per heavy atom. The number of para-hydroxylation sites is 1. The van der Waals surface area contributed by atoms with Gasteiger partial charge >= 0.3 is 0 Å². The van der Waals surface area contributed by atoms with Gasteiger partial charge in [0.25, 0.3) is 0 Å². The number of rotatable bonds is 4. The van der Waals surface area contributed by atoms with Crippen molar-refractivity contribution in [2.75, 3.05) is 33.7 Å². The molecule has 3 rings (SSSR count). The van der Waals surface area contributed by atoms with E-state index in [1.165, 1.54) is 12.8 Å². The van der Waals surface area contributed by atoms with E-state index in [4.69, 9.17) is 4.42 Å². The summed E-state index contributed by atoms with van der Waals surface area (Å²) in [6.07, 6.45) is 1.87. The fraction of sp³-hybridized carbons (Fsp3) is 0.529. The fourth-order valence-electron chi connectivity index (χ4n) is 3.12. The Kier molecular flexibility index (Phi) is 4.29. The zero-order valence-corrected chi connectivity index (χ0v) is 12.8. The monoisotopic (exact) mass is 288 g/mol. The smallest absolute Gasteiger partial charge is 0.135 e. The van der Waals surface area contributed by atoms with E-state index in [0.717, 1.165) is 24.1 Å². The van der Waals surface area contributed by atoms with Gasteiger partial charge in [0.05, 0.1) is 0 Å². The maximum atomic E-state index is 10.4. The number of aliphatic hydroxyl groups excluding tert-OH is 1. The first-order valence-corrected chi connectivity index (χ1v) is 7.69. The molecule has 0 aliphatic carbocycles. The third kappa shape index (κ3) is 3.28. The van der Waals surface area contributed by atoms with Gasteiger partial charge in [-0.25, -0.2) is 0 Å². The van der Waals surface area contributed by atoms with E-state index in [1.807, 2.05) is 30.3 Å². The van der Waals surface area contributed by atoms with Crippen LogP contribution in [-0.2, 0) is 0 Å². The molecule has 114 valence electrons. The van der Waals surface area contributed by atoms with Crippen molar-refractivity contribution in [3.8, 4) is 0 Å². The highest BCUT2D eigenvalue weighted by molar-refractivity contribution is 5.77. The molecule has 0 spiro atoms. The molecule has 0 amide bonds. The average molecular weight is 288 g/mol. The zero-order valence-electron chi connectivity index (χ0n) is 12.8. The molecule has 2 unspecified atom stereocenters. The molecule has 0 bridgehead atoms. The van der Waals surface area contributed by atoms with Gasteiger partial charge in [-0.3, -0.25) is 4.90 Å². The SMILES string of the molecule is CN(C)C1CCCN(CC(O)c2cc3ccccc3o2)C1. The topological polar surface area (TPSA) is 39.9 Å². The number of furan rings is 1. The number of β-amino-alcohol motifs (C(OH)–C–C–N with tert-alkyl or cyclic N) is 1. The molecule has 4 heteroatoms. The van der Waals surface area contributed by atoms with Gasteiger partial charge in [0, 0.05) is 24.5 Å². The largest absolute Gasteiger partial charge is 0.458 e. The van der Waals surface area contributed by atoms with Crippen LogP contribution < -0.4 is 0 Å². The molecule has 21 heavy (non-hydrogen) atoms. The highest BCUT2D eigenvalue weighted by Gasteiger charge is 2.24. The minimum Gasteiger partial charge on any atom is -0.458 e. The molecule has 1 fully saturated rings. The van der Waals surface area contributed by atoms with Crippen LogP contribution in [0.25, 0.3) is 11.0 Å². The number of hydrogen-bond donors (Lipinski definition) is 1. The van der Waals surface area contributed by atoms with Crippen LogP contribution in [0, 0.1) is 0 Å². The molecule has 1 aliphatic heterocycles. The summed E-state index contributed by atoms with van der Waals surface area (Å²) in [5.74, 6) is 0.670. The number of fused-ring (bicyclic) bond motifs is 1. The third-order valence-corrected chi connectivity index (χ3v) is 4.42. The second-order valence-corrected chi connectivity index (χ2v) is 6.22. The van der Waals surface area contributed by atoms with Gasteiger partial charge in [0.2, 0.25) is 0 Å². The molecule has 1 aromatic heterocycles. The molecule has 1 aromatic carbocycles. The molecule has 0 radical (unpaired) electrons. The van der Waals surface area contributed by atoms with E-state index < -0.39 is 6.10 Å². The van der Waals surface area contributed by atoms with Crippen LogP contribution in [0.4, 0.5) is 0 Å². The second-order valence-electron chi connectivity index (χ2n) is 6.22. The van der Waals surface area contributed by atoms with Crippen molar-refractivity contribution in [1.82, 2.24) is 9.80 Å². The van der Waals surface area contributed by atoms with Gasteiger partial charge in [-0.2, -0.15) is 0 Å². The van der Waals surface area contributed by atoms with Crippen LogP contribution in [0.15, 0.2) is 34.7 Å². The third-order valence-electron chi connectivity index (χ3n) is 4.42. The molecule has 1 N–H and O–H groups in total. The second kappa shape index (κ2) is 6.18. The van der Waals surface area contributed by atoms with Crippen molar-refractivity contribution >= 4 is 11.0 Å². The summed E-state index contributed by atoms with van der Waals surface area (Å²) < 4.78 is 5.76. The van der Waals surface area contributed by atoms with Gasteiger partial charge in [-0.15, -0.1) is 0 Å². The van der Waals surface area contributed by atoms with Gasteiger partial charge in [-0.05, 0) is 45.6 Å². The predicted octanol–water partition coefficient (Wildman–Crippen LogP) is 2.49. The van der Waals surface area contributed by atoms with Gasteiger partial charge in [0.1, 0.15) is 17.4 Å². The lowest BCUT2D eigenvalue weighted by Crippen LogP contribution is -2.46. The number of hydrogen-bond acceptors (Lipinski definition) is 4. The van der Waals surface area contributed by atoms with Crippen LogP contribution in [0.5, 0.6) is 0 Å². The normalized spacial score (nSPS) is 22.0. The van der Waals surface area contributed by atoms with Crippen LogP contribution in [-0.4, -0.2) is 54.7 Å². The quantitative estimate of drug-likeness (QED) is 0.938. The van der Waals surface area contributed by atoms with E-state index in [1.54, 1.807) is 0 Å². The number of nitrogens with zero attached hydrogens (tertiary/aromatic N) is 2. The Morgan fingerprint density at radius 1 is 1.38 bits per heavy atom. The maximum absolute atomic E-state index is 10.4. The van der Waals surface area contributed by atoms with Gasteiger partial charge in [-0.1, -0.05) is 18.2 Å². The number of likely N-dealkylation sites (N-methyl/N-ethyl adjacent to an activating group) is 1. The summed E-state index contributed by atoms with van der Waals surface area (Å²) >= 11 is 0. The van der Waals surface area contributed by atoms with Crippen LogP contribution in [0.3, 0.4) is 0 Å².